The van der Waals surface area contributed by atoms with E-state index in [1.54, 1.807) is 13.1 Å². The summed E-state index contributed by atoms with van der Waals surface area (Å²) in [6.45, 7) is 12.4. The van der Waals surface area contributed by atoms with Crippen LogP contribution in [-0.4, -0.2) is 18.0 Å². The Hall–Kier alpha value is -4.15. The first-order valence-electron chi connectivity index (χ1n) is 18.2. The van der Waals surface area contributed by atoms with Gasteiger partial charge in [0.05, 0.1) is 13.7 Å². The molecule has 0 aliphatic rings. The maximum atomic E-state index is 8.81. The molecule has 3 aromatic heterocycles. The molecule has 3 heterocycles. The summed E-state index contributed by atoms with van der Waals surface area (Å²) in [5.41, 5.74) is 9.00. The molecule has 49 heavy (non-hydrogen) atoms. The van der Waals surface area contributed by atoms with Crippen molar-refractivity contribution in [2.24, 2.45) is 0 Å². The van der Waals surface area contributed by atoms with Crippen molar-refractivity contribution in [1.29, 1.82) is 0 Å². The zero-order chi connectivity index (χ0) is 36.4. The Morgan fingerprint density at radius 2 is 1.55 bits per heavy atom. The van der Waals surface area contributed by atoms with Crippen molar-refractivity contribution in [3.05, 3.63) is 139 Å². The van der Waals surface area contributed by atoms with E-state index in [0.717, 1.165) is 84.7 Å². The predicted octanol–water partition coefficient (Wildman–Crippen LogP) is 11.7. The molecule has 3 nitrogen and oxygen atoms in total. The van der Waals surface area contributed by atoms with Gasteiger partial charge >= 0.3 is 0 Å². The molecule has 0 amide bonds. The van der Waals surface area contributed by atoms with Gasteiger partial charge in [0.15, 0.2) is 0 Å². The Morgan fingerprint density at radius 1 is 0.776 bits per heavy atom. The van der Waals surface area contributed by atoms with Crippen molar-refractivity contribution in [2.45, 2.75) is 65.5 Å². The van der Waals surface area contributed by atoms with Gasteiger partial charge in [0.1, 0.15) is 5.58 Å². The molecule has 0 N–H and O–H groups in total. The third-order valence-electron chi connectivity index (χ3n) is 8.78. The van der Waals surface area contributed by atoms with Gasteiger partial charge in [-0.05, 0) is 64.9 Å². The van der Waals surface area contributed by atoms with Crippen LogP contribution in [-0.2, 0) is 26.5 Å². The Kier molecular flexibility index (Phi) is 10.5. The molecule has 0 unspecified atom stereocenters. The zero-order valence-corrected chi connectivity index (χ0v) is 32.4. The monoisotopic (exact) mass is 840 g/mol. The molecular formula is C44H44IrN2OSi-2. The van der Waals surface area contributed by atoms with E-state index in [9.17, 15) is 0 Å². The van der Waals surface area contributed by atoms with E-state index in [1.807, 2.05) is 79.0 Å². The first-order valence-corrected chi connectivity index (χ1v) is 20.2. The molecule has 251 valence electrons. The SMILES string of the molecule is [2H]C(CC)(CC)c1ccnc(-c2[c-]ccc3c2oc2cc(-c4ccccc4)ccc23)c1.[2H]C([2H])(C)c1cc(-c2[c-]cccc2)ncc1[Si](C)(C)C.[Ir]. The number of pyridine rings is 2. The molecule has 0 aliphatic heterocycles. The van der Waals surface area contributed by atoms with Gasteiger partial charge in [0.2, 0.25) is 0 Å². The number of hydrogen-bond donors (Lipinski definition) is 0. The Morgan fingerprint density at radius 3 is 2.24 bits per heavy atom. The number of aryl methyl sites for hydroxylation is 1. The number of fused-ring (bicyclic) bond motifs is 3. The van der Waals surface area contributed by atoms with Crippen molar-refractivity contribution in [3.63, 3.8) is 0 Å². The molecule has 0 aliphatic carbocycles. The summed E-state index contributed by atoms with van der Waals surface area (Å²) >= 11 is 0. The predicted molar refractivity (Wildman–Crippen MR) is 205 cm³/mol. The second-order valence-corrected chi connectivity index (χ2v) is 17.9. The van der Waals surface area contributed by atoms with Gasteiger partial charge in [-0.2, -0.15) is 0 Å². The molecular weight excluding hydrogens is 793 g/mol. The van der Waals surface area contributed by atoms with Gasteiger partial charge in [-0.1, -0.05) is 117 Å². The van der Waals surface area contributed by atoms with Crippen LogP contribution in [0.3, 0.4) is 0 Å². The molecule has 0 atom stereocenters. The van der Waals surface area contributed by atoms with Crippen LogP contribution in [0.4, 0.5) is 0 Å². The molecule has 7 rings (SSSR count). The van der Waals surface area contributed by atoms with Crippen molar-refractivity contribution < 1.29 is 28.6 Å². The fourth-order valence-electron chi connectivity index (χ4n) is 6.15. The summed E-state index contributed by atoms with van der Waals surface area (Å²) in [7, 11) is -1.62. The van der Waals surface area contributed by atoms with E-state index in [0.29, 0.717) is 0 Å². The zero-order valence-electron chi connectivity index (χ0n) is 32.0. The fraction of sp³-hybridized carbons (Fsp3) is 0.227. The summed E-state index contributed by atoms with van der Waals surface area (Å²) in [5.74, 6) is -0.607. The molecule has 0 saturated carbocycles. The van der Waals surface area contributed by atoms with Crippen molar-refractivity contribution in [1.82, 2.24) is 9.97 Å². The standard InChI is InChI=1S/C28H24NO.C16H20NSi.Ir/c1-3-19(4-2)22-15-16-29-26(17-22)25-12-8-11-24-23-14-13-21(18-27(23)30-28(24)25)20-9-6-5-7-10-20;1-5-13-11-15(14-9-7-6-8-10-14)17-12-16(13)18(2,3)4;/h5-11,13-19H,3-4H2,1-2H3;6-9,11-12H,5H2,1-4H3;/q2*-1;/i19D;5D2;. The first kappa shape index (κ1) is 32.1. The molecule has 1 radical (unpaired) electrons. The molecule has 7 aromatic rings. The number of furan rings is 1. The van der Waals surface area contributed by atoms with Crippen LogP contribution in [0.1, 0.15) is 54.7 Å². The second kappa shape index (κ2) is 16.0. The average Bonchev–Trinajstić information content (AvgIpc) is 3.53. The summed E-state index contributed by atoms with van der Waals surface area (Å²) in [6, 6.07) is 40.7. The third kappa shape index (κ3) is 8.02. The van der Waals surface area contributed by atoms with Crippen LogP contribution >= 0.6 is 0 Å². The molecule has 0 fully saturated rings. The number of benzene rings is 4. The minimum atomic E-state index is -1.62. The maximum Gasteiger partial charge on any atom is 0.121 e. The van der Waals surface area contributed by atoms with Gasteiger partial charge in [0.25, 0.3) is 0 Å². The van der Waals surface area contributed by atoms with Crippen LogP contribution in [0.15, 0.2) is 120 Å². The number of nitrogens with zero attached hydrogens (tertiary/aromatic N) is 2. The Balaban J connectivity index is 0.000000217. The van der Waals surface area contributed by atoms with E-state index in [2.05, 4.69) is 85.9 Å². The second-order valence-electron chi connectivity index (χ2n) is 12.9. The molecule has 4 aromatic carbocycles. The summed E-state index contributed by atoms with van der Waals surface area (Å²) in [4.78, 5) is 9.13. The number of aromatic nitrogens is 2. The summed E-state index contributed by atoms with van der Waals surface area (Å²) in [6.07, 6.45) is 3.81. The number of rotatable bonds is 8. The quantitative estimate of drug-likeness (QED) is 0.113. The van der Waals surface area contributed by atoms with Gasteiger partial charge < -0.3 is 14.4 Å². The normalized spacial score (nSPS) is 12.7. The topological polar surface area (TPSA) is 38.9 Å². The van der Waals surface area contributed by atoms with Gasteiger partial charge in [-0.3, -0.25) is 0 Å². The molecule has 0 bridgehead atoms. The van der Waals surface area contributed by atoms with Gasteiger partial charge in [-0.25, -0.2) is 0 Å². The van der Waals surface area contributed by atoms with Crippen LogP contribution in [0.5, 0.6) is 0 Å². The summed E-state index contributed by atoms with van der Waals surface area (Å²) in [5, 5.41) is 3.22. The van der Waals surface area contributed by atoms with Crippen LogP contribution in [0.25, 0.3) is 55.6 Å². The van der Waals surface area contributed by atoms with Crippen molar-refractivity contribution in [3.8, 4) is 33.6 Å². The van der Waals surface area contributed by atoms with Crippen LogP contribution < -0.4 is 5.19 Å². The molecule has 0 saturated heterocycles. The van der Waals surface area contributed by atoms with E-state index in [-0.39, 0.29) is 20.1 Å². The smallest absolute Gasteiger partial charge is 0.121 e. The average molecular weight is 840 g/mol. The van der Waals surface area contributed by atoms with E-state index in [1.165, 1.54) is 0 Å². The fourth-order valence-corrected chi connectivity index (χ4v) is 7.60. The minimum Gasteiger partial charge on any atom is -0.501 e. The minimum absolute atomic E-state index is 0. The van der Waals surface area contributed by atoms with Crippen LogP contribution in [0, 0.1) is 12.1 Å². The van der Waals surface area contributed by atoms with E-state index in [4.69, 9.17) is 8.53 Å². The van der Waals surface area contributed by atoms with Crippen molar-refractivity contribution in [2.75, 3.05) is 0 Å². The maximum absolute atomic E-state index is 8.81. The Bertz CT molecular complexity index is 2280. The van der Waals surface area contributed by atoms with E-state index < -0.39 is 20.3 Å². The summed E-state index contributed by atoms with van der Waals surface area (Å²) < 4.78 is 31.4. The Labute approximate surface area is 310 Å². The van der Waals surface area contributed by atoms with Crippen molar-refractivity contribution >= 4 is 35.2 Å². The third-order valence-corrected chi connectivity index (χ3v) is 10.8. The number of hydrogen-bond acceptors (Lipinski definition) is 3. The molecule has 5 heteroatoms. The van der Waals surface area contributed by atoms with Gasteiger partial charge in [-0.15, -0.1) is 54.1 Å². The molecule has 0 spiro atoms. The van der Waals surface area contributed by atoms with Crippen LogP contribution in [0.2, 0.25) is 19.6 Å². The van der Waals surface area contributed by atoms with E-state index >= 15 is 0 Å². The first-order chi connectivity index (χ1) is 24.3. The largest absolute Gasteiger partial charge is 0.501 e. The van der Waals surface area contributed by atoms with Gasteiger partial charge in [0, 0.05) is 42.0 Å².